The Hall–Kier alpha value is -3.52. The molecule has 1 amide bonds. The Morgan fingerprint density at radius 3 is 2.73 bits per heavy atom. The normalized spacial score (nSPS) is 16.3. The van der Waals surface area contributed by atoms with Gasteiger partial charge in [-0.05, 0) is 37.1 Å². The third-order valence-electron chi connectivity index (χ3n) is 5.12. The van der Waals surface area contributed by atoms with E-state index >= 15 is 0 Å². The van der Waals surface area contributed by atoms with Crippen molar-refractivity contribution in [3.8, 4) is 11.3 Å². The molecule has 0 spiro atoms. The number of amides is 1. The molecule has 1 atom stereocenters. The quantitative estimate of drug-likeness (QED) is 0.614. The molecule has 1 aliphatic rings. The summed E-state index contributed by atoms with van der Waals surface area (Å²) in [6.45, 7) is 1.59. The Morgan fingerprint density at radius 2 is 1.93 bits per heavy atom. The zero-order valence-corrected chi connectivity index (χ0v) is 16.4. The number of nitrogens with one attached hydrogen (secondary N) is 1. The van der Waals surface area contributed by atoms with Gasteiger partial charge in [-0.3, -0.25) is 4.79 Å². The van der Waals surface area contributed by atoms with Gasteiger partial charge >= 0.3 is 0 Å². The number of hydrogen-bond donors (Lipinski definition) is 3. The van der Waals surface area contributed by atoms with Crippen LogP contribution in [0.2, 0.25) is 0 Å². The fourth-order valence-electron chi connectivity index (χ4n) is 3.63. The molecule has 4 rings (SSSR count). The molecule has 3 aromatic rings. The summed E-state index contributed by atoms with van der Waals surface area (Å²) in [4.78, 5) is 23.5. The Balaban J connectivity index is 1.62. The minimum atomic E-state index is -0.507. The molecule has 154 valence electrons. The van der Waals surface area contributed by atoms with E-state index < -0.39 is 11.7 Å². The number of rotatable bonds is 4. The molecule has 2 heterocycles. The van der Waals surface area contributed by atoms with Crippen LogP contribution < -0.4 is 21.7 Å². The number of carbonyl (C=O) groups is 1. The standard InChI is InChI=1S/C22H23FN6O/c23-16-8-2-1-7-15(16)18-12-26-21(25)20(27-18)22(30)28-17-9-3-4-10-19(17)29-11-5-6-14(24)13-29/h1-4,7-10,12,14H,5-6,11,13,24H2,(H2,25,26)(H,28,30). The molecular weight excluding hydrogens is 383 g/mol. The van der Waals surface area contributed by atoms with Crippen molar-refractivity contribution in [3.05, 3.63) is 66.2 Å². The molecule has 0 radical (unpaired) electrons. The second-order valence-corrected chi connectivity index (χ2v) is 7.29. The molecule has 1 aromatic heterocycles. The molecule has 1 unspecified atom stereocenters. The van der Waals surface area contributed by atoms with Crippen molar-refractivity contribution in [1.29, 1.82) is 0 Å². The average molecular weight is 406 g/mol. The van der Waals surface area contributed by atoms with E-state index in [1.54, 1.807) is 18.2 Å². The number of para-hydroxylation sites is 2. The number of piperidine rings is 1. The van der Waals surface area contributed by atoms with Crippen molar-refractivity contribution in [2.24, 2.45) is 5.73 Å². The molecule has 7 nitrogen and oxygen atoms in total. The Bertz CT molecular complexity index is 1070. The first kappa shape index (κ1) is 19.8. The summed E-state index contributed by atoms with van der Waals surface area (Å²) >= 11 is 0. The number of halogens is 1. The highest BCUT2D eigenvalue weighted by atomic mass is 19.1. The lowest BCUT2D eigenvalue weighted by atomic mass is 10.1. The summed E-state index contributed by atoms with van der Waals surface area (Å²) in [6.07, 6.45) is 3.33. The monoisotopic (exact) mass is 406 g/mol. The largest absolute Gasteiger partial charge is 0.382 e. The Labute approximate surface area is 173 Å². The maximum atomic E-state index is 14.1. The van der Waals surface area contributed by atoms with E-state index in [1.807, 2.05) is 24.3 Å². The summed E-state index contributed by atoms with van der Waals surface area (Å²) in [5, 5.41) is 2.88. The van der Waals surface area contributed by atoms with Crippen molar-refractivity contribution in [2.75, 3.05) is 29.0 Å². The smallest absolute Gasteiger partial charge is 0.278 e. The average Bonchev–Trinajstić information content (AvgIpc) is 2.75. The van der Waals surface area contributed by atoms with Crippen molar-refractivity contribution < 1.29 is 9.18 Å². The van der Waals surface area contributed by atoms with Crippen LogP contribution in [0.25, 0.3) is 11.3 Å². The van der Waals surface area contributed by atoms with Gasteiger partial charge in [-0.2, -0.15) is 0 Å². The van der Waals surface area contributed by atoms with E-state index in [9.17, 15) is 9.18 Å². The van der Waals surface area contributed by atoms with Crippen molar-refractivity contribution >= 4 is 23.1 Å². The van der Waals surface area contributed by atoms with Crippen LogP contribution in [0.4, 0.5) is 21.6 Å². The van der Waals surface area contributed by atoms with Crippen LogP contribution in [-0.2, 0) is 0 Å². The number of anilines is 3. The van der Waals surface area contributed by atoms with Gasteiger partial charge in [0.2, 0.25) is 0 Å². The number of nitrogens with two attached hydrogens (primary N) is 2. The maximum absolute atomic E-state index is 14.1. The highest BCUT2D eigenvalue weighted by molar-refractivity contribution is 6.07. The first-order valence-electron chi connectivity index (χ1n) is 9.81. The van der Waals surface area contributed by atoms with Gasteiger partial charge in [0, 0.05) is 24.7 Å². The van der Waals surface area contributed by atoms with Crippen molar-refractivity contribution in [3.63, 3.8) is 0 Å². The molecule has 30 heavy (non-hydrogen) atoms. The summed E-state index contributed by atoms with van der Waals surface area (Å²) in [6, 6.07) is 13.8. The molecule has 1 aliphatic heterocycles. The molecule has 0 saturated carbocycles. The van der Waals surface area contributed by atoms with Crippen LogP contribution in [0.3, 0.4) is 0 Å². The van der Waals surface area contributed by atoms with E-state index in [2.05, 4.69) is 20.2 Å². The van der Waals surface area contributed by atoms with E-state index in [-0.39, 0.29) is 28.8 Å². The first-order chi connectivity index (χ1) is 14.5. The highest BCUT2D eigenvalue weighted by Crippen LogP contribution is 2.29. The molecular formula is C22H23FN6O. The molecule has 1 fully saturated rings. The Morgan fingerprint density at radius 1 is 1.17 bits per heavy atom. The molecule has 1 saturated heterocycles. The van der Waals surface area contributed by atoms with Crippen LogP contribution in [0.5, 0.6) is 0 Å². The predicted octanol–water partition coefficient (Wildman–Crippen LogP) is 3.04. The minimum Gasteiger partial charge on any atom is -0.382 e. The zero-order chi connectivity index (χ0) is 21.1. The lowest BCUT2D eigenvalue weighted by Gasteiger charge is -2.33. The predicted molar refractivity (Wildman–Crippen MR) is 116 cm³/mol. The lowest BCUT2D eigenvalue weighted by molar-refractivity contribution is 0.102. The van der Waals surface area contributed by atoms with Crippen LogP contribution in [-0.4, -0.2) is 35.0 Å². The van der Waals surface area contributed by atoms with Gasteiger partial charge in [0.05, 0.1) is 23.3 Å². The number of hydrogen-bond acceptors (Lipinski definition) is 6. The second-order valence-electron chi connectivity index (χ2n) is 7.29. The topological polar surface area (TPSA) is 110 Å². The van der Waals surface area contributed by atoms with Gasteiger partial charge in [-0.15, -0.1) is 0 Å². The number of nitrogen functional groups attached to an aromatic ring is 1. The lowest BCUT2D eigenvalue weighted by Crippen LogP contribution is -2.43. The minimum absolute atomic E-state index is 0.0231. The molecule has 0 aliphatic carbocycles. The summed E-state index contributed by atoms with van der Waals surface area (Å²) < 4.78 is 14.1. The summed E-state index contributed by atoms with van der Waals surface area (Å²) in [5.41, 5.74) is 14.0. The van der Waals surface area contributed by atoms with E-state index in [0.29, 0.717) is 5.69 Å². The molecule has 0 bridgehead atoms. The van der Waals surface area contributed by atoms with Crippen LogP contribution in [0, 0.1) is 5.82 Å². The first-order valence-corrected chi connectivity index (χ1v) is 9.81. The molecule has 2 aromatic carbocycles. The van der Waals surface area contributed by atoms with Crippen LogP contribution in [0.1, 0.15) is 23.3 Å². The van der Waals surface area contributed by atoms with E-state index in [0.717, 1.165) is 31.6 Å². The number of benzene rings is 2. The van der Waals surface area contributed by atoms with Gasteiger partial charge in [0.1, 0.15) is 5.82 Å². The van der Waals surface area contributed by atoms with E-state index in [4.69, 9.17) is 11.5 Å². The van der Waals surface area contributed by atoms with Gasteiger partial charge in [0.15, 0.2) is 11.5 Å². The Kier molecular flexibility index (Phi) is 5.58. The third kappa shape index (κ3) is 4.08. The summed E-state index contributed by atoms with van der Waals surface area (Å²) in [5.74, 6) is -0.980. The molecule has 8 heteroatoms. The molecule has 5 N–H and O–H groups in total. The maximum Gasteiger partial charge on any atom is 0.278 e. The van der Waals surface area contributed by atoms with Crippen molar-refractivity contribution in [1.82, 2.24) is 9.97 Å². The van der Waals surface area contributed by atoms with Gasteiger partial charge < -0.3 is 21.7 Å². The zero-order valence-electron chi connectivity index (χ0n) is 16.4. The van der Waals surface area contributed by atoms with Gasteiger partial charge in [0.25, 0.3) is 5.91 Å². The summed E-state index contributed by atoms with van der Waals surface area (Å²) in [7, 11) is 0. The fourth-order valence-corrected chi connectivity index (χ4v) is 3.63. The second kappa shape index (κ2) is 8.46. The van der Waals surface area contributed by atoms with Gasteiger partial charge in [-0.1, -0.05) is 24.3 Å². The number of aromatic nitrogens is 2. The fraction of sp³-hybridized carbons (Fsp3) is 0.227. The van der Waals surface area contributed by atoms with Crippen LogP contribution >= 0.6 is 0 Å². The van der Waals surface area contributed by atoms with Crippen LogP contribution in [0.15, 0.2) is 54.7 Å². The highest BCUT2D eigenvalue weighted by Gasteiger charge is 2.21. The third-order valence-corrected chi connectivity index (χ3v) is 5.12. The van der Waals surface area contributed by atoms with Crippen molar-refractivity contribution in [2.45, 2.75) is 18.9 Å². The SMILES string of the molecule is Nc1ncc(-c2ccccc2F)nc1C(=O)Nc1ccccc1N1CCCC(N)C1. The number of nitrogens with zero attached hydrogens (tertiary/aromatic N) is 3. The van der Waals surface area contributed by atoms with E-state index in [1.165, 1.54) is 12.3 Å². The van der Waals surface area contributed by atoms with Gasteiger partial charge in [-0.25, -0.2) is 14.4 Å². The number of carbonyl (C=O) groups excluding carboxylic acids is 1.